The topological polar surface area (TPSA) is 124 Å². The third-order valence-electron chi connectivity index (χ3n) is 4.21. The summed E-state index contributed by atoms with van der Waals surface area (Å²) in [4.78, 5) is 30.0. The van der Waals surface area contributed by atoms with Crippen LogP contribution in [0.2, 0.25) is 0 Å². The van der Waals surface area contributed by atoms with Crippen molar-refractivity contribution < 1.29 is 18.5 Å². The van der Waals surface area contributed by atoms with Crippen molar-refractivity contribution in [1.29, 1.82) is 0 Å². The van der Waals surface area contributed by atoms with E-state index in [0.29, 0.717) is 21.8 Å². The van der Waals surface area contributed by atoms with E-state index >= 15 is 0 Å². The van der Waals surface area contributed by atoms with Crippen LogP contribution in [0.25, 0.3) is 10.4 Å². The maximum atomic E-state index is 12.9. The monoisotopic (exact) mass is 472 g/mol. The van der Waals surface area contributed by atoms with Crippen LogP contribution < -0.4 is 11.1 Å². The quantitative estimate of drug-likeness (QED) is 0.513. The van der Waals surface area contributed by atoms with Gasteiger partial charge in [-0.1, -0.05) is 6.07 Å². The molecular weight excluding hydrogens is 448 g/mol. The number of aromatic nitrogens is 1. The standard InChI is InChI=1S/C22H24N4O4S2/c1-22(2,3)30-21(28)26-32(4,29)16-8-5-14(6-9-16)20(27)25-18-11-15(7-10-17(18)23)19-12-24-13-31-19/h5-13H,23H2,1-4H3,(H,25,27). The molecule has 168 valence electrons. The molecule has 1 aromatic heterocycles. The average molecular weight is 473 g/mol. The number of nitrogens with zero attached hydrogens (tertiary/aromatic N) is 2. The number of ether oxygens (including phenoxy) is 1. The summed E-state index contributed by atoms with van der Waals surface area (Å²) in [5, 5.41) is 2.80. The number of thiazole rings is 1. The molecule has 0 fully saturated rings. The summed E-state index contributed by atoms with van der Waals surface area (Å²) in [7, 11) is -3.03. The number of carbonyl (C=O) groups is 2. The molecule has 10 heteroatoms. The summed E-state index contributed by atoms with van der Waals surface area (Å²) in [5.74, 6) is -0.378. The molecule has 1 heterocycles. The highest BCUT2D eigenvalue weighted by Crippen LogP contribution is 2.29. The van der Waals surface area contributed by atoms with Gasteiger partial charge in [0.1, 0.15) is 5.60 Å². The summed E-state index contributed by atoms with van der Waals surface area (Å²) < 4.78 is 21.7. The van der Waals surface area contributed by atoms with Gasteiger partial charge in [0.15, 0.2) is 0 Å². The second kappa shape index (κ2) is 9.09. The Morgan fingerprint density at radius 3 is 2.44 bits per heavy atom. The van der Waals surface area contributed by atoms with Crippen LogP contribution in [0.4, 0.5) is 16.2 Å². The zero-order chi connectivity index (χ0) is 23.5. The minimum Gasteiger partial charge on any atom is -0.442 e. The first kappa shape index (κ1) is 23.4. The van der Waals surface area contributed by atoms with Gasteiger partial charge in [-0.05, 0) is 62.7 Å². The molecule has 0 spiro atoms. The van der Waals surface area contributed by atoms with Crippen molar-refractivity contribution in [3.8, 4) is 10.4 Å². The molecule has 0 bridgehead atoms. The van der Waals surface area contributed by atoms with Crippen LogP contribution in [0, 0.1) is 0 Å². The van der Waals surface area contributed by atoms with Gasteiger partial charge in [-0.15, -0.1) is 15.7 Å². The van der Waals surface area contributed by atoms with Gasteiger partial charge in [-0.25, -0.2) is 9.00 Å². The van der Waals surface area contributed by atoms with Gasteiger partial charge in [-0.3, -0.25) is 9.78 Å². The third kappa shape index (κ3) is 5.92. The van der Waals surface area contributed by atoms with Crippen LogP contribution in [0.5, 0.6) is 0 Å². The molecule has 0 saturated carbocycles. The molecule has 0 aliphatic rings. The molecule has 8 nitrogen and oxygen atoms in total. The number of anilines is 2. The van der Waals surface area contributed by atoms with E-state index in [1.54, 1.807) is 44.6 Å². The van der Waals surface area contributed by atoms with E-state index in [1.807, 2.05) is 6.07 Å². The highest BCUT2D eigenvalue weighted by molar-refractivity contribution is 7.93. The lowest BCUT2D eigenvalue weighted by molar-refractivity contribution is 0.0607. The van der Waals surface area contributed by atoms with E-state index in [-0.39, 0.29) is 5.91 Å². The molecule has 2 amide bonds. The number of benzene rings is 2. The number of carbonyl (C=O) groups excluding carboxylic acids is 2. The predicted molar refractivity (Wildman–Crippen MR) is 127 cm³/mol. The number of rotatable bonds is 4. The second-order valence-corrected chi connectivity index (χ2v) is 11.2. The first-order chi connectivity index (χ1) is 14.9. The zero-order valence-corrected chi connectivity index (χ0v) is 19.8. The average Bonchev–Trinajstić information content (AvgIpc) is 3.22. The van der Waals surface area contributed by atoms with Crippen molar-refractivity contribution in [2.45, 2.75) is 31.3 Å². The number of nitrogen functional groups attached to an aromatic ring is 1. The molecule has 3 N–H and O–H groups in total. The van der Waals surface area contributed by atoms with Crippen LogP contribution in [-0.2, 0) is 14.5 Å². The summed E-state index contributed by atoms with van der Waals surface area (Å²) in [6.45, 7) is 5.10. The fourth-order valence-electron chi connectivity index (χ4n) is 2.70. The molecule has 3 aromatic rings. The van der Waals surface area contributed by atoms with Gasteiger partial charge in [0.2, 0.25) is 0 Å². The van der Waals surface area contributed by atoms with E-state index < -0.39 is 21.4 Å². The number of nitrogens with two attached hydrogens (primary N) is 1. The first-order valence-electron chi connectivity index (χ1n) is 9.59. The van der Waals surface area contributed by atoms with E-state index in [4.69, 9.17) is 10.5 Å². The molecule has 32 heavy (non-hydrogen) atoms. The normalized spacial score (nSPS) is 13.1. The van der Waals surface area contributed by atoms with Crippen LogP contribution in [0.1, 0.15) is 31.1 Å². The number of amides is 2. The van der Waals surface area contributed by atoms with Gasteiger partial charge in [0.25, 0.3) is 5.91 Å². The number of nitrogens with one attached hydrogen (secondary N) is 1. The molecule has 1 unspecified atom stereocenters. The molecule has 1 atom stereocenters. The third-order valence-corrected chi connectivity index (χ3v) is 6.68. The Labute approximate surface area is 191 Å². The van der Waals surface area contributed by atoms with E-state index in [2.05, 4.69) is 14.7 Å². The predicted octanol–water partition coefficient (Wildman–Crippen LogP) is 5.04. The van der Waals surface area contributed by atoms with Crippen molar-refractivity contribution in [2.24, 2.45) is 4.36 Å². The van der Waals surface area contributed by atoms with Gasteiger partial charge in [-0.2, -0.15) is 0 Å². The molecule has 0 aliphatic heterocycles. The number of hydrogen-bond donors (Lipinski definition) is 2. The van der Waals surface area contributed by atoms with Gasteiger partial charge in [0, 0.05) is 22.9 Å². The maximum Gasteiger partial charge on any atom is 0.442 e. The van der Waals surface area contributed by atoms with Crippen LogP contribution in [-0.4, -0.2) is 33.1 Å². The van der Waals surface area contributed by atoms with Gasteiger partial charge < -0.3 is 15.8 Å². The maximum absolute atomic E-state index is 12.9. The Morgan fingerprint density at radius 1 is 1.16 bits per heavy atom. The fraction of sp³-hybridized carbons (Fsp3) is 0.227. The fourth-order valence-corrected chi connectivity index (χ4v) is 4.39. The Balaban J connectivity index is 1.78. The second-order valence-electron chi connectivity index (χ2n) is 8.02. The summed E-state index contributed by atoms with van der Waals surface area (Å²) in [6, 6.07) is 11.4. The van der Waals surface area contributed by atoms with Crippen molar-refractivity contribution in [2.75, 3.05) is 17.3 Å². The van der Waals surface area contributed by atoms with Crippen LogP contribution >= 0.6 is 11.3 Å². The van der Waals surface area contributed by atoms with Crippen molar-refractivity contribution in [3.63, 3.8) is 0 Å². The Morgan fingerprint density at radius 2 is 1.84 bits per heavy atom. The van der Waals surface area contributed by atoms with Crippen molar-refractivity contribution in [1.82, 2.24) is 4.98 Å². The summed E-state index contributed by atoms with van der Waals surface area (Å²) in [5.41, 5.74) is 9.14. The smallest absolute Gasteiger partial charge is 0.442 e. The van der Waals surface area contributed by atoms with Gasteiger partial charge in [0.05, 0.1) is 31.5 Å². The van der Waals surface area contributed by atoms with Crippen molar-refractivity contribution >= 4 is 44.4 Å². The van der Waals surface area contributed by atoms with E-state index in [0.717, 1.165) is 10.4 Å². The highest BCUT2D eigenvalue weighted by atomic mass is 32.2. The number of hydrogen-bond acceptors (Lipinski definition) is 7. The molecule has 2 aromatic carbocycles. The summed E-state index contributed by atoms with van der Waals surface area (Å²) >= 11 is 1.48. The molecular formula is C22H24N4O4S2. The van der Waals surface area contributed by atoms with Gasteiger partial charge >= 0.3 is 6.09 Å². The Kier molecular flexibility index (Phi) is 6.65. The highest BCUT2D eigenvalue weighted by Gasteiger charge is 2.18. The van der Waals surface area contributed by atoms with Crippen LogP contribution in [0.3, 0.4) is 0 Å². The lowest BCUT2D eigenvalue weighted by Crippen LogP contribution is -2.22. The van der Waals surface area contributed by atoms with Crippen LogP contribution in [0.15, 0.2) is 63.4 Å². The SMILES string of the molecule is CC(C)(C)OC(=O)N=S(C)(=O)c1ccc(C(=O)Nc2cc(-c3cncs3)ccc2N)cc1. The van der Waals surface area contributed by atoms with E-state index in [1.165, 1.54) is 41.9 Å². The minimum absolute atomic E-state index is 0.312. The first-order valence-corrected chi connectivity index (χ1v) is 12.4. The molecule has 0 aliphatic carbocycles. The lowest BCUT2D eigenvalue weighted by Gasteiger charge is -2.17. The minimum atomic E-state index is -3.03. The molecule has 0 saturated heterocycles. The zero-order valence-electron chi connectivity index (χ0n) is 18.1. The molecule has 3 rings (SSSR count). The molecule has 0 radical (unpaired) electrons. The largest absolute Gasteiger partial charge is 0.442 e. The van der Waals surface area contributed by atoms with E-state index in [9.17, 15) is 13.8 Å². The summed E-state index contributed by atoms with van der Waals surface area (Å²) in [6.07, 6.45) is 2.19. The Bertz CT molecular complexity index is 1250. The lowest BCUT2D eigenvalue weighted by atomic mass is 10.1. The van der Waals surface area contributed by atoms with Crippen molar-refractivity contribution in [3.05, 3.63) is 59.7 Å². The Hall–Kier alpha value is -3.24.